The van der Waals surface area contributed by atoms with E-state index in [0.717, 1.165) is 0 Å². The average Bonchev–Trinajstić information content (AvgIpc) is 3.06. The van der Waals surface area contributed by atoms with Gasteiger partial charge in [0.1, 0.15) is 5.75 Å². The van der Waals surface area contributed by atoms with Crippen molar-refractivity contribution in [2.45, 2.75) is 32.4 Å². The molecule has 2 aliphatic rings. The fraction of sp³-hybridized carbons (Fsp3) is 0.450. The fourth-order valence-electron chi connectivity index (χ4n) is 3.52. The van der Waals surface area contributed by atoms with Crippen LogP contribution in [0, 0.1) is 5.92 Å². The second-order valence-electron chi connectivity index (χ2n) is 7.46. The normalized spacial score (nSPS) is 22.1. The summed E-state index contributed by atoms with van der Waals surface area (Å²) in [7, 11) is 0. The van der Waals surface area contributed by atoms with Crippen LogP contribution in [0.2, 0.25) is 5.02 Å². The highest BCUT2D eigenvalue weighted by Gasteiger charge is 2.36. The summed E-state index contributed by atoms with van der Waals surface area (Å²) in [6.45, 7) is 5.02. The molecular weight excluding hydrogens is 382 g/mol. The molecule has 3 rings (SSSR count). The molecule has 0 bridgehead atoms. The first-order valence-electron chi connectivity index (χ1n) is 9.30. The Balaban J connectivity index is 1.60. The van der Waals surface area contributed by atoms with Crippen molar-refractivity contribution < 1.29 is 19.5 Å². The van der Waals surface area contributed by atoms with E-state index in [1.165, 1.54) is 12.1 Å². The summed E-state index contributed by atoms with van der Waals surface area (Å²) in [5.74, 6) is -0.955. The number of benzene rings is 1. The Morgan fingerprint density at radius 1 is 1.29 bits per heavy atom. The van der Waals surface area contributed by atoms with Crippen LogP contribution in [0.5, 0.6) is 5.75 Å². The summed E-state index contributed by atoms with van der Waals surface area (Å²) in [5.41, 5.74) is 0.330. The largest absolute Gasteiger partial charge is 0.506 e. The van der Waals surface area contributed by atoms with Gasteiger partial charge in [-0.1, -0.05) is 23.8 Å². The van der Waals surface area contributed by atoms with Gasteiger partial charge in [0.25, 0.3) is 5.91 Å². The number of hydrogen-bond donors (Lipinski definition) is 2. The molecule has 0 aromatic heterocycles. The van der Waals surface area contributed by atoms with Crippen LogP contribution in [0.15, 0.2) is 30.4 Å². The van der Waals surface area contributed by atoms with Crippen LogP contribution in [0.25, 0.3) is 0 Å². The number of phenols is 1. The molecule has 2 unspecified atom stereocenters. The van der Waals surface area contributed by atoms with E-state index in [0.29, 0.717) is 25.2 Å². The van der Waals surface area contributed by atoms with Gasteiger partial charge >= 0.3 is 0 Å². The Labute approximate surface area is 168 Å². The molecule has 7 nitrogen and oxygen atoms in total. The van der Waals surface area contributed by atoms with Gasteiger partial charge in [-0.2, -0.15) is 0 Å². The van der Waals surface area contributed by atoms with E-state index < -0.39 is 0 Å². The highest BCUT2D eigenvalue weighted by atomic mass is 35.5. The molecule has 1 fully saturated rings. The maximum Gasteiger partial charge on any atom is 0.254 e. The molecule has 1 aromatic carbocycles. The molecule has 0 spiro atoms. The quantitative estimate of drug-likeness (QED) is 0.747. The van der Waals surface area contributed by atoms with Crippen LogP contribution in [0.1, 0.15) is 30.6 Å². The number of nitrogens with zero attached hydrogens (tertiary/aromatic N) is 2. The summed E-state index contributed by atoms with van der Waals surface area (Å²) in [4.78, 5) is 40.6. The van der Waals surface area contributed by atoms with E-state index in [1.807, 2.05) is 26.0 Å². The molecule has 150 valence electrons. The number of likely N-dealkylation sites (tertiary alicyclic amines) is 1. The molecule has 1 aromatic rings. The summed E-state index contributed by atoms with van der Waals surface area (Å²) < 4.78 is 0. The van der Waals surface area contributed by atoms with Crippen LogP contribution in [-0.4, -0.2) is 64.3 Å². The second-order valence-corrected chi connectivity index (χ2v) is 7.87. The highest BCUT2D eigenvalue weighted by molar-refractivity contribution is 6.32. The molecule has 0 radical (unpaired) electrons. The third-order valence-corrected chi connectivity index (χ3v) is 5.39. The molecule has 8 heteroatoms. The lowest BCUT2D eigenvalue weighted by Crippen LogP contribution is -2.49. The monoisotopic (exact) mass is 405 g/mol. The van der Waals surface area contributed by atoms with E-state index in [2.05, 4.69) is 5.32 Å². The van der Waals surface area contributed by atoms with Crippen molar-refractivity contribution >= 4 is 29.3 Å². The molecule has 1 saturated heterocycles. The average molecular weight is 406 g/mol. The van der Waals surface area contributed by atoms with Crippen molar-refractivity contribution in [1.82, 2.24) is 15.1 Å². The van der Waals surface area contributed by atoms with Crippen molar-refractivity contribution in [3.05, 3.63) is 40.9 Å². The van der Waals surface area contributed by atoms with E-state index in [4.69, 9.17) is 11.6 Å². The lowest BCUT2D eigenvalue weighted by atomic mass is 10.1. The van der Waals surface area contributed by atoms with Gasteiger partial charge in [-0.25, -0.2) is 0 Å². The molecule has 3 amide bonds. The van der Waals surface area contributed by atoms with Gasteiger partial charge in [0.05, 0.1) is 17.0 Å². The zero-order chi connectivity index (χ0) is 20.4. The number of halogens is 1. The van der Waals surface area contributed by atoms with Crippen LogP contribution < -0.4 is 5.32 Å². The van der Waals surface area contributed by atoms with E-state index in [1.54, 1.807) is 15.9 Å². The van der Waals surface area contributed by atoms with Gasteiger partial charge < -0.3 is 20.2 Å². The highest BCUT2D eigenvalue weighted by Crippen LogP contribution is 2.25. The Morgan fingerprint density at radius 3 is 2.68 bits per heavy atom. The number of amides is 3. The molecule has 0 aliphatic carbocycles. The summed E-state index contributed by atoms with van der Waals surface area (Å²) >= 11 is 5.79. The van der Waals surface area contributed by atoms with Gasteiger partial charge in [-0.3, -0.25) is 14.4 Å². The molecule has 2 heterocycles. The first-order chi connectivity index (χ1) is 13.3. The Kier molecular flexibility index (Phi) is 5.93. The number of carbonyl (C=O) groups is 3. The van der Waals surface area contributed by atoms with Crippen LogP contribution in [-0.2, 0) is 9.59 Å². The Hall–Kier alpha value is -2.54. The Morgan fingerprint density at radius 2 is 2.04 bits per heavy atom. The lowest BCUT2D eigenvalue weighted by Gasteiger charge is -2.30. The van der Waals surface area contributed by atoms with Gasteiger partial charge in [-0.15, -0.1) is 0 Å². The number of hydrogen-bond acceptors (Lipinski definition) is 4. The first-order valence-corrected chi connectivity index (χ1v) is 9.68. The summed E-state index contributed by atoms with van der Waals surface area (Å²) in [5, 5.41) is 12.8. The van der Waals surface area contributed by atoms with E-state index >= 15 is 0 Å². The van der Waals surface area contributed by atoms with Crippen molar-refractivity contribution in [1.29, 1.82) is 0 Å². The fourth-order valence-corrected chi connectivity index (χ4v) is 3.64. The molecule has 2 atom stereocenters. The third kappa shape index (κ3) is 4.30. The number of phenolic OH excluding ortho intramolecular Hbond substituents is 1. The minimum atomic E-state index is -0.373. The maximum atomic E-state index is 12.7. The first kappa shape index (κ1) is 20.2. The molecule has 2 N–H and O–H groups in total. The number of nitrogens with one attached hydrogen (secondary N) is 1. The van der Waals surface area contributed by atoms with Crippen molar-refractivity contribution in [3.8, 4) is 5.75 Å². The minimum absolute atomic E-state index is 0.00585. The van der Waals surface area contributed by atoms with Crippen molar-refractivity contribution in [2.24, 2.45) is 5.92 Å². The summed E-state index contributed by atoms with van der Waals surface area (Å²) in [6, 6.07) is 4.11. The topological polar surface area (TPSA) is 90.0 Å². The second kappa shape index (κ2) is 8.22. The van der Waals surface area contributed by atoms with Crippen molar-refractivity contribution in [3.63, 3.8) is 0 Å². The van der Waals surface area contributed by atoms with Crippen LogP contribution in [0.4, 0.5) is 0 Å². The molecule has 28 heavy (non-hydrogen) atoms. The van der Waals surface area contributed by atoms with Gasteiger partial charge in [0, 0.05) is 37.7 Å². The predicted octanol–water partition coefficient (Wildman–Crippen LogP) is 1.80. The zero-order valence-electron chi connectivity index (χ0n) is 15.9. The SMILES string of the molecule is CC(C)N1CC(C(=O)NC2C=CCN(C(=O)c3ccc(Cl)c(O)c3)C2)CC1=O. The molecule has 0 saturated carbocycles. The number of aromatic hydroxyl groups is 1. The minimum Gasteiger partial charge on any atom is -0.506 e. The van der Waals surface area contributed by atoms with Gasteiger partial charge in [0.15, 0.2) is 0 Å². The van der Waals surface area contributed by atoms with Crippen LogP contribution >= 0.6 is 11.6 Å². The smallest absolute Gasteiger partial charge is 0.254 e. The van der Waals surface area contributed by atoms with Crippen LogP contribution in [0.3, 0.4) is 0 Å². The van der Waals surface area contributed by atoms with E-state index in [9.17, 15) is 19.5 Å². The zero-order valence-corrected chi connectivity index (χ0v) is 16.6. The third-order valence-electron chi connectivity index (χ3n) is 5.07. The number of carbonyl (C=O) groups excluding carboxylic acids is 3. The molecular formula is C20H24ClN3O4. The van der Waals surface area contributed by atoms with Gasteiger partial charge in [-0.05, 0) is 32.0 Å². The van der Waals surface area contributed by atoms with Crippen molar-refractivity contribution in [2.75, 3.05) is 19.6 Å². The predicted molar refractivity (Wildman–Crippen MR) is 105 cm³/mol. The van der Waals surface area contributed by atoms with Gasteiger partial charge in [0.2, 0.25) is 11.8 Å². The molecule has 2 aliphatic heterocycles. The number of rotatable bonds is 4. The lowest BCUT2D eigenvalue weighted by molar-refractivity contribution is -0.130. The van der Waals surface area contributed by atoms with E-state index in [-0.39, 0.29) is 52.9 Å². The standard InChI is InChI=1S/C20H24ClN3O4/c1-12(2)24-10-14(9-18(24)26)19(27)22-15-4-3-7-23(11-15)20(28)13-5-6-16(21)17(25)8-13/h3-6,8,12,14-15,25H,7,9-11H2,1-2H3,(H,22,27). The summed E-state index contributed by atoms with van der Waals surface area (Å²) in [6.07, 6.45) is 3.90. The maximum absolute atomic E-state index is 12.7. The Bertz CT molecular complexity index is 824.